The molecule has 1 atom stereocenters. The van der Waals surface area contributed by atoms with Crippen LogP contribution in [0.25, 0.3) is 0 Å². The molecule has 26 heavy (non-hydrogen) atoms. The second kappa shape index (κ2) is 7.32. The molecule has 1 aliphatic heterocycles. The predicted octanol–water partition coefficient (Wildman–Crippen LogP) is 2.88. The number of pyridine rings is 1. The summed E-state index contributed by atoms with van der Waals surface area (Å²) in [5, 5.41) is 4.38. The van der Waals surface area contributed by atoms with Gasteiger partial charge < -0.3 is 9.64 Å². The molecule has 0 bridgehead atoms. The Morgan fingerprint density at radius 3 is 3.04 bits per heavy atom. The average Bonchev–Trinajstić information content (AvgIpc) is 3.31. The van der Waals surface area contributed by atoms with E-state index < -0.39 is 0 Å². The minimum atomic E-state index is 0.0204. The Kier molecular flexibility index (Phi) is 4.73. The maximum atomic E-state index is 13.1. The number of carbonyl (C=O) groups is 1. The Hall–Kier alpha value is -2.63. The van der Waals surface area contributed by atoms with E-state index in [-0.39, 0.29) is 11.9 Å². The minimum Gasteiger partial charge on any atom is -0.490 e. The van der Waals surface area contributed by atoms with Crippen LogP contribution in [0.5, 0.6) is 5.75 Å². The number of amides is 1. The van der Waals surface area contributed by atoms with Gasteiger partial charge in [0.1, 0.15) is 12.4 Å². The number of hydrogen-bond acceptors (Lipinski definition) is 4. The lowest BCUT2D eigenvalue weighted by Crippen LogP contribution is -2.43. The van der Waals surface area contributed by atoms with Crippen molar-refractivity contribution in [3.8, 4) is 5.75 Å². The van der Waals surface area contributed by atoms with Gasteiger partial charge in [-0.15, -0.1) is 0 Å². The first kappa shape index (κ1) is 16.8. The topological polar surface area (TPSA) is 60.2 Å². The third kappa shape index (κ3) is 3.49. The summed E-state index contributed by atoms with van der Waals surface area (Å²) in [5.41, 5.74) is 2.98. The molecule has 2 aromatic rings. The molecule has 2 aromatic heterocycles. The van der Waals surface area contributed by atoms with Crippen molar-refractivity contribution in [2.75, 3.05) is 6.61 Å². The standard InChI is InChI=1S/C20H24N4O2/c1-15-6-7-19(12-21-15)26-14-18-9-11-24-17(8-10-22-24)13-23(18)20(25)16-4-2-3-5-16/h4,6-8,10,12,18H,2-3,5,9,11,13-14H2,1H3/t18-/m1/s1. The van der Waals surface area contributed by atoms with Gasteiger partial charge in [-0.2, -0.15) is 5.10 Å². The summed E-state index contributed by atoms with van der Waals surface area (Å²) < 4.78 is 7.97. The fourth-order valence-electron chi connectivity index (χ4n) is 3.62. The monoisotopic (exact) mass is 352 g/mol. The van der Waals surface area contributed by atoms with Crippen molar-refractivity contribution >= 4 is 5.91 Å². The lowest BCUT2D eigenvalue weighted by atomic mass is 10.1. The van der Waals surface area contributed by atoms with E-state index in [1.165, 1.54) is 0 Å². The van der Waals surface area contributed by atoms with E-state index >= 15 is 0 Å². The molecule has 0 spiro atoms. The van der Waals surface area contributed by atoms with Crippen LogP contribution in [0.3, 0.4) is 0 Å². The number of aryl methyl sites for hydroxylation is 2. The van der Waals surface area contributed by atoms with Crippen LogP contribution in [-0.2, 0) is 17.9 Å². The molecule has 0 aromatic carbocycles. The molecule has 0 radical (unpaired) electrons. The van der Waals surface area contributed by atoms with Crippen molar-refractivity contribution in [2.24, 2.45) is 0 Å². The van der Waals surface area contributed by atoms with E-state index in [1.54, 1.807) is 6.20 Å². The predicted molar refractivity (Wildman–Crippen MR) is 97.6 cm³/mol. The number of ether oxygens (including phenoxy) is 1. The van der Waals surface area contributed by atoms with E-state index in [4.69, 9.17) is 4.74 Å². The summed E-state index contributed by atoms with van der Waals surface area (Å²) in [4.78, 5) is 19.4. The van der Waals surface area contributed by atoms with Gasteiger partial charge in [0.05, 0.1) is 24.5 Å². The normalized spacial score (nSPS) is 19.7. The fraction of sp³-hybridized carbons (Fsp3) is 0.450. The first-order chi connectivity index (χ1) is 12.7. The van der Waals surface area contributed by atoms with Crippen LogP contribution in [0.1, 0.15) is 37.1 Å². The Morgan fingerprint density at radius 2 is 2.27 bits per heavy atom. The zero-order chi connectivity index (χ0) is 17.9. The highest BCUT2D eigenvalue weighted by Crippen LogP contribution is 2.25. The zero-order valence-corrected chi connectivity index (χ0v) is 15.1. The van der Waals surface area contributed by atoms with Gasteiger partial charge in [0, 0.05) is 24.0 Å². The number of hydrogen-bond donors (Lipinski definition) is 0. The van der Waals surface area contributed by atoms with Crippen molar-refractivity contribution in [1.29, 1.82) is 0 Å². The van der Waals surface area contributed by atoms with E-state index in [0.717, 1.165) is 54.9 Å². The molecule has 1 amide bonds. The Balaban J connectivity index is 1.52. The Bertz CT molecular complexity index is 809. The van der Waals surface area contributed by atoms with Crippen LogP contribution < -0.4 is 4.74 Å². The lowest BCUT2D eigenvalue weighted by Gasteiger charge is -2.30. The van der Waals surface area contributed by atoms with Crippen LogP contribution in [0.4, 0.5) is 0 Å². The molecule has 0 fully saturated rings. The molecule has 1 aliphatic carbocycles. The van der Waals surface area contributed by atoms with Gasteiger partial charge >= 0.3 is 0 Å². The lowest BCUT2D eigenvalue weighted by molar-refractivity contribution is -0.131. The van der Waals surface area contributed by atoms with E-state index in [1.807, 2.05) is 40.9 Å². The third-order valence-electron chi connectivity index (χ3n) is 5.15. The van der Waals surface area contributed by atoms with Gasteiger partial charge in [-0.25, -0.2) is 0 Å². The number of aromatic nitrogens is 3. The van der Waals surface area contributed by atoms with Crippen molar-refractivity contribution in [1.82, 2.24) is 19.7 Å². The molecule has 4 rings (SSSR count). The first-order valence-corrected chi connectivity index (χ1v) is 9.27. The van der Waals surface area contributed by atoms with Gasteiger partial charge in [0.25, 0.3) is 0 Å². The van der Waals surface area contributed by atoms with Crippen LogP contribution in [-0.4, -0.2) is 38.2 Å². The zero-order valence-electron chi connectivity index (χ0n) is 15.1. The molecule has 3 heterocycles. The average molecular weight is 352 g/mol. The molecule has 6 heteroatoms. The van der Waals surface area contributed by atoms with Gasteiger partial charge in [-0.05, 0) is 50.8 Å². The van der Waals surface area contributed by atoms with Crippen LogP contribution in [0.2, 0.25) is 0 Å². The maximum absolute atomic E-state index is 13.1. The summed E-state index contributed by atoms with van der Waals surface area (Å²) in [6.07, 6.45) is 9.42. The van der Waals surface area contributed by atoms with Gasteiger partial charge in [0.2, 0.25) is 5.91 Å². The molecule has 0 unspecified atom stereocenters. The molecular formula is C20H24N4O2. The maximum Gasteiger partial charge on any atom is 0.250 e. The quantitative estimate of drug-likeness (QED) is 0.849. The van der Waals surface area contributed by atoms with Crippen LogP contribution >= 0.6 is 0 Å². The highest BCUT2D eigenvalue weighted by molar-refractivity contribution is 5.94. The summed E-state index contributed by atoms with van der Waals surface area (Å²) >= 11 is 0. The fourth-order valence-corrected chi connectivity index (χ4v) is 3.62. The SMILES string of the molecule is Cc1ccc(OC[C@H]2CCn3nccc3CN2C(=O)C2=CCCC2)cn1. The van der Waals surface area contributed by atoms with Gasteiger partial charge in [0.15, 0.2) is 0 Å². The summed E-state index contributed by atoms with van der Waals surface area (Å²) in [5.74, 6) is 0.887. The summed E-state index contributed by atoms with van der Waals surface area (Å²) in [7, 11) is 0. The van der Waals surface area contributed by atoms with E-state index in [2.05, 4.69) is 16.2 Å². The van der Waals surface area contributed by atoms with Crippen LogP contribution in [0.15, 0.2) is 42.2 Å². The van der Waals surface area contributed by atoms with Crippen molar-refractivity contribution in [3.63, 3.8) is 0 Å². The molecule has 0 saturated carbocycles. The largest absolute Gasteiger partial charge is 0.490 e. The summed E-state index contributed by atoms with van der Waals surface area (Å²) in [6, 6.07) is 5.88. The molecule has 0 N–H and O–H groups in total. The van der Waals surface area contributed by atoms with Crippen molar-refractivity contribution in [2.45, 2.75) is 51.7 Å². The van der Waals surface area contributed by atoms with Crippen molar-refractivity contribution < 1.29 is 9.53 Å². The number of fused-ring (bicyclic) bond motifs is 1. The third-order valence-corrected chi connectivity index (χ3v) is 5.15. The molecular weight excluding hydrogens is 328 g/mol. The molecule has 0 saturated heterocycles. The van der Waals surface area contributed by atoms with E-state index in [0.29, 0.717) is 13.2 Å². The number of nitrogens with zero attached hydrogens (tertiary/aromatic N) is 4. The minimum absolute atomic E-state index is 0.0204. The second-order valence-electron chi connectivity index (χ2n) is 6.99. The molecule has 136 valence electrons. The highest BCUT2D eigenvalue weighted by Gasteiger charge is 2.30. The van der Waals surface area contributed by atoms with Crippen molar-refractivity contribution in [3.05, 3.63) is 53.6 Å². The van der Waals surface area contributed by atoms with Gasteiger partial charge in [-0.3, -0.25) is 14.5 Å². The van der Waals surface area contributed by atoms with Crippen LogP contribution in [0, 0.1) is 6.92 Å². The highest BCUT2D eigenvalue weighted by atomic mass is 16.5. The molecule has 2 aliphatic rings. The Morgan fingerprint density at radius 1 is 1.35 bits per heavy atom. The second-order valence-corrected chi connectivity index (χ2v) is 6.99. The molecule has 6 nitrogen and oxygen atoms in total. The smallest absolute Gasteiger partial charge is 0.250 e. The number of rotatable bonds is 4. The van der Waals surface area contributed by atoms with Gasteiger partial charge in [-0.1, -0.05) is 6.08 Å². The Labute approximate surface area is 153 Å². The summed E-state index contributed by atoms with van der Waals surface area (Å²) in [6.45, 7) is 3.79. The number of carbonyl (C=O) groups excluding carboxylic acids is 1. The van der Waals surface area contributed by atoms with E-state index in [9.17, 15) is 4.79 Å². The number of allylic oxidation sites excluding steroid dienone is 1. The first-order valence-electron chi connectivity index (χ1n) is 9.27.